The zero-order valence-electron chi connectivity index (χ0n) is 19.7. The third-order valence-corrected chi connectivity index (χ3v) is 6.75. The number of ether oxygens (including phenoxy) is 4. The molecule has 1 unspecified atom stereocenters. The van der Waals surface area contributed by atoms with Crippen molar-refractivity contribution in [2.45, 2.75) is 38.3 Å². The minimum Gasteiger partial charge on any atom is -1.00 e. The SMILES string of the molecule is COc1ccc(CCC(=O)CC2c3c(cc4c(c3CO)OCO4)CC[N+]2(C)C)cc1OC.[I-]. The van der Waals surface area contributed by atoms with Crippen LogP contribution < -0.4 is 42.9 Å². The number of nitrogens with zero attached hydrogens (tertiary/aromatic N) is 1. The normalized spacial score (nSPS) is 17.7. The molecule has 2 aliphatic rings. The summed E-state index contributed by atoms with van der Waals surface area (Å²) in [5.74, 6) is 2.86. The number of carbonyl (C=O) groups excluding carboxylic acids is 1. The van der Waals surface area contributed by atoms with E-state index in [-0.39, 0.29) is 49.2 Å². The van der Waals surface area contributed by atoms with E-state index in [0.717, 1.165) is 35.2 Å². The van der Waals surface area contributed by atoms with Crippen molar-refractivity contribution in [3.63, 3.8) is 0 Å². The molecular formula is C25H32INO6. The van der Waals surface area contributed by atoms with Crippen molar-refractivity contribution in [3.8, 4) is 23.0 Å². The summed E-state index contributed by atoms with van der Waals surface area (Å²) in [5, 5.41) is 10.2. The molecule has 0 aromatic heterocycles. The van der Waals surface area contributed by atoms with Crippen molar-refractivity contribution in [1.29, 1.82) is 0 Å². The highest BCUT2D eigenvalue weighted by Gasteiger charge is 2.41. The second kappa shape index (κ2) is 10.5. The number of benzene rings is 2. The van der Waals surface area contributed by atoms with Crippen LogP contribution >= 0.6 is 0 Å². The molecule has 0 fully saturated rings. The lowest BCUT2D eigenvalue weighted by atomic mass is 9.83. The van der Waals surface area contributed by atoms with Crippen LogP contribution in [0, 0.1) is 0 Å². The van der Waals surface area contributed by atoms with E-state index in [0.29, 0.717) is 46.7 Å². The van der Waals surface area contributed by atoms with Gasteiger partial charge in [-0.2, -0.15) is 0 Å². The van der Waals surface area contributed by atoms with Gasteiger partial charge in [-0.05, 0) is 35.7 Å². The molecule has 2 aromatic carbocycles. The number of hydrogen-bond donors (Lipinski definition) is 1. The lowest BCUT2D eigenvalue weighted by Gasteiger charge is -2.43. The second-order valence-corrected chi connectivity index (χ2v) is 9.02. The first-order valence-corrected chi connectivity index (χ1v) is 11.0. The molecular weight excluding hydrogens is 537 g/mol. The molecule has 0 aliphatic carbocycles. The van der Waals surface area contributed by atoms with E-state index >= 15 is 0 Å². The number of methoxy groups -OCH3 is 2. The van der Waals surface area contributed by atoms with E-state index in [2.05, 4.69) is 14.1 Å². The molecule has 7 nitrogen and oxygen atoms in total. The predicted molar refractivity (Wildman–Crippen MR) is 119 cm³/mol. The fraction of sp³-hybridized carbons (Fsp3) is 0.480. The summed E-state index contributed by atoms with van der Waals surface area (Å²) in [6, 6.07) is 7.75. The van der Waals surface area contributed by atoms with Crippen LogP contribution in [-0.4, -0.2) is 57.0 Å². The van der Waals surface area contributed by atoms with Crippen molar-refractivity contribution in [2.24, 2.45) is 0 Å². The maximum atomic E-state index is 13.1. The standard InChI is InChI=1S/C25H32NO6.HI/c1-26(2)10-9-17-12-23-25(32-15-31-23)19(14-27)24(17)20(26)13-18(28)7-5-16-6-8-21(29-3)22(11-16)30-4;/h6,8,11-12,20,27H,5,7,9-10,13-15H2,1-4H3;1H/q+1;/p-1. The Kier molecular flexibility index (Phi) is 8.13. The highest BCUT2D eigenvalue weighted by Crippen LogP contribution is 2.47. The van der Waals surface area contributed by atoms with Crippen LogP contribution in [0.25, 0.3) is 0 Å². The fourth-order valence-electron chi connectivity index (χ4n) is 4.86. The molecule has 180 valence electrons. The maximum Gasteiger partial charge on any atom is 0.231 e. The van der Waals surface area contributed by atoms with Crippen LogP contribution in [0.2, 0.25) is 0 Å². The lowest BCUT2D eigenvalue weighted by Crippen LogP contribution is -3.00. The van der Waals surface area contributed by atoms with Gasteiger partial charge in [0.1, 0.15) is 11.8 Å². The zero-order valence-corrected chi connectivity index (χ0v) is 21.8. The number of hydrogen-bond acceptors (Lipinski definition) is 6. The molecule has 1 N–H and O–H groups in total. The Hall–Kier alpha value is -2.04. The molecule has 33 heavy (non-hydrogen) atoms. The largest absolute Gasteiger partial charge is 1.00 e. The monoisotopic (exact) mass is 569 g/mol. The average molecular weight is 569 g/mol. The van der Waals surface area contributed by atoms with Gasteiger partial charge in [0.15, 0.2) is 23.0 Å². The van der Waals surface area contributed by atoms with Crippen molar-refractivity contribution < 1.29 is 57.3 Å². The molecule has 8 heteroatoms. The summed E-state index contributed by atoms with van der Waals surface area (Å²) in [6.45, 7) is 0.953. The summed E-state index contributed by atoms with van der Waals surface area (Å²) in [5.41, 5.74) is 3.99. The van der Waals surface area contributed by atoms with Gasteiger partial charge in [-0.1, -0.05) is 6.07 Å². The van der Waals surface area contributed by atoms with E-state index in [9.17, 15) is 9.90 Å². The van der Waals surface area contributed by atoms with Crippen LogP contribution in [0.5, 0.6) is 23.0 Å². The van der Waals surface area contributed by atoms with Crippen LogP contribution in [-0.2, 0) is 24.2 Å². The van der Waals surface area contributed by atoms with E-state index < -0.39 is 0 Å². The number of quaternary nitrogens is 1. The minimum atomic E-state index is -0.134. The molecule has 2 aliphatic heterocycles. The van der Waals surface area contributed by atoms with E-state index in [1.165, 1.54) is 0 Å². The summed E-state index contributed by atoms with van der Waals surface area (Å²) in [7, 11) is 7.52. The number of aliphatic hydroxyl groups excluding tert-OH is 1. The molecule has 0 spiro atoms. The van der Waals surface area contributed by atoms with Crippen molar-refractivity contribution in [3.05, 3.63) is 46.5 Å². The highest BCUT2D eigenvalue weighted by atomic mass is 127. The first-order valence-electron chi connectivity index (χ1n) is 11.0. The number of halogens is 1. The maximum absolute atomic E-state index is 13.1. The van der Waals surface area contributed by atoms with Gasteiger partial charge in [-0.3, -0.25) is 4.79 Å². The van der Waals surface area contributed by atoms with Crippen molar-refractivity contribution >= 4 is 5.78 Å². The van der Waals surface area contributed by atoms with E-state index in [4.69, 9.17) is 18.9 Å². The fourth-order valence-corrected chi connectivity index (χ4v) is 4.86. The molecule has 0 saturated carbocycles. The van der Waals surface area contributed by atoms with Crippen molar-refractivity contribution in [1.82, 2.24) is 0 Å². The van der Waals surface area contributed by atoms with E-state index in [1.807, 2.05) is 24.3 Å². The molecule has 2 heterocycles. The number of rotatable bonds is 8. The van der Waals surface area contributed by atoms with Gasteiger partial charge < -0.3 is 52.5 Å². The van der Waals surface area contributed by atoms with Crippen molar-refractivity contribution in [2.75, 3.05) is 41.7 Å². The van der Waals surface area contributed by atoms with Crippen LogP contribution in [0.15, 0.2) is 24.3 Å². The Labute approximate surface area is 212 Å². The van der Waals surface area contributed by atoms with Gasteiger partial charge in [-0.15, -0.1) is 0 Å². The smallest absolute Gasteiger partial charge is 0.231 e. The summed E-state index contributed by atoms with van der Waals surface area (Å²) in [4.78, 5) is 13.1. The van der Waals surface area contributed by atoms with Gasteiger partial charge in [0.05, 0.1) is 47.9 Å². The quantitative estimate of drug-likeness (QED) is 0.362. The number of carbonyl (C=O) groups is 1. The molecule has 2 aromatic rings. The summed E-state index contributed by atoms with van der Waals surface area (Å²) >= 11 is 0. The van der Waals surface area contributed by atoms with Crippen LogP contribution in [0.4, 0.5) is 0 Å². The number of fused-ring (bicyclic) bond motifs is 2. The number of likely N-dealkylation sites (N-methyl/N-ethyl adjacent to an activating group) is 1. The first kappa shape index (κ1) is 25.6. The molecule has 1 atom stereocenters. The van der Waals surface area contributed by atoms with Gasteiger partial charge in [0, 0.05) is 24.0 Å². The Balaban J connectivity index is 0.00000306. The average Bonchev–Trinajstić information content (AvgIpc) is 3.26. The Bertz CT molecular complexity index is 1020. The Morgan fingerprint density at radius 3 is 2.61 bits per heavy atom. The topological polar surface area (TPSA) is 74.2 Å². The number of ketones is 1. The molecule has 0 radical (unpaired) electrons. The predicted octanol–water partition coefficient (Wildman–Crippen LogP) is 0.194. The molecule has 0 bridgehead atoms. The third kappa shape index (κ3) is 5.07. The molecule has 0 amide bonds. The zero-order chi connectivity index (χ0) is 22.9. The number of aliphatic hydroxyl groups is 1. The van der Waals surface area contributed by atoms with Gasteiger partial charge in [0.2, 0.25) is 6.79 Å². The minimum absolute atomic E-state index is 0. The second-order valence-electron chi connectivity index (χ2n) is 9.02. The summed E-state index contributed by atoms with van der Waals surface area (Å²) < 4.78 is 22.6. The van der Waals surface area contributed by atoms with Crippen LogP contribution in [0.3, 0.4) is 0 Å². The van der Waals surface area contributed by atoms with Gasteiger partial charge in [-0.25, -0.2) is 0 Å². The summed E-state index contributed by atoms with van der Waals surface area (Å²) in [6.07, 6.45) is 2.38. The number of aryl methyl sites for hydroxylation is 1. The highest BCUT2D eigenvalue weighted by molar-refractivity contribution is 5.79. The van der Waals surface area contributed by atoms with Gasteiger partial charge in [0.25, 0.3) is 0 Å². The van der Waals surface area contributed by atoms with Crippen LogP contribution in [0.1, 0.15) is 41.1 Å². The van der Waals surface area contributed by atoms with Gasteiger partial charge >= 0.3 is 0 Å². The first-order chi connectivity index (χ1) is 15.4. The number of Topliss-reactive ketones (excluding diaryl/α,β-unsaturated/α-hetero) is 1. The Morgan fingerprint density at radius 2 is 1.91 bits per heavy atom. The molecule has 4 rings (SSSR count). The Morgan fingerprint density at radius 1 is 1.15 bits per heavy atom. The lowest BCUT2D eigenvalue weighted by molar-refractivity contribution is -0.922. The third-order valence-electron chi connectivity index (χ3n) is 6.75. The van der Waals surface area contributed by atoms with E-state index in [1.54, 1.807) is 14.2 Å². The molecule has 0 saturated heterocycles.